The Labute approximate surface area is 140 Å². The second-order valence-electron chi connectivity index (χ2n) is 5.20. The molecule has 24 heavy (non-hydrogen) atoms. The molecule has 4 nitrogen and oxygen atoms in total. The molecular formula is C20H17NO3. The Hall–Kier alpha value is -3.14. The van der Waals surface area contributed by atoms with Gasteiger partial charge >= 0.3 is 5.97 Å². The van der Waals surface area contributed by atoms with Crippen LogP contribution < -0.4 is 4.74 Å². The van der Waals surface area contributed by atoms with E-state index in [1.165, 1.54) is 7.11 Å². The van der Waals surface area contributed by atoms with Gasteiger partial charge in [-0.05, 0) is 17.2 Å². The van der Waals surface area contributed by atoms with Crippen molar-refractivity contribution in [2.24, 2.45) is 0 Å². The maximum atomic E-state index is 11.9. The Kier molecular flexibility index (Phi) is 4.87. The minimum absolute atomic E-state index is 0.174. The van der Waals surface area contributed by atoms with Crippen LogP contribution in [0.15, 0.2) is 72.9 Å². The van der Waals surface area contributed by atoms with Gasteiger partial charge in [-0.25, -0.2) is 9.78 Å². The van der Waals surface area contributed by atoms with E-state index in [0.29, 0.717) is 12.4 Å². The third-order valence-electron chi connectivity index (χ3n) is 3.58. The molecule has 4 heteroatoms. The Bertz CT molecular complexity index is 817. The Morgan fingerprint density at radius 2 is 1.62 bits per heavy atom. The summed E-state index contributed by atoms with van der Waals surface area (Å²) in [6.45, 7) is 0.352. The van der Waals surface area contributed by atoms with Crippen molar-refractivity contribution in [3.63, 3.8) is 0 Å². The van der Waals surface area contributed by atoms with Gasteiger partial charge in [0.25, 0.3) is 0 Å². The van der Waals surface area contributed by atoms with E-state index in [1.54, 1.807) is 6.20 Å². The van der Waals surface area contributed by atoms with E-state index in [9.17, 15) is 4.79 Å². The van der Waals surface area contributed by atoms with Gasteiger partial charge in [0.05, 0.1) is 7.11 Å². The van der Waals surface area contributed by atoms with Crippen LogP contribution >= 0.6 is 0 Å². The summed E-state index contributed by atoms with van der Waals surface area (Å²) in [6.07, 6.45) is 1.65. The summed E-state index contributed by atoms with van der Waals surface area (Å²) in [4.78, 5) is 16.2. The first-order valence-corrected chi connectivity index (χ1v) is 7.58. The third kappa shape index (κ3) is 3.60. The van der Waals surface area contributed by atoms with Gasteiger partial charge in [-0.2, -0.15) is 0 Å². The highest BCUT2D eigenvalue weighted by Gasteiger charge is 2.16. The van der Waals surface area contributed by atoms with Gasteiger partial charge in [-0.15, -0.1) is 0 Å². The van der Waals surface area contributed by atoms with Gasteiger partial charge in [-0.1, -0.05) is 60.7 Å². The zero-order chi connectivity index (χ0) is 16.8. The van der Waals surface area contributed by atoms with Crippen LogP contribution in [0.5, 0.6) is 5.75 Å². The molecule has 0 bridgehead atoms. The van der Waals surface area contributed by atoms with Crippen LogP contribution in [0, 0.1) is 0 Å². The standard InChI is InChI=1S/C20H17NO3/c1-23-20(22)19-18(24-14-15-8-4-2-5-9-15)12-17(13-21-19)16-10-6-3-7-11-16/h2-13H,14H2,1H3. The minimum Gasteiger partial charge on any atom is -0.486 e. The summed E-state index contributed by atoms with van der Waals surface area (Å²) < 4.78 is 10.6. The van der Waals surface area contributed by atoms with Crippen LogP contribution in [0.3, 0.4) is 0 Å². The summed E-state index contributed by atoms with van der Waals surface area (Å²) >= 11 is 0. The van der Waals surface area contributed by atoms with Crippen molar-refractivity contribution in [2.45, 2.75) is 6.61 Å². The van der Waals surface area contributed by atoms with Crippen molar-refractivity contribution in [2.75, 3.05) is 7.11 Å². The first-order valence-electron chi connectivity index (χ1n) is 7.58. The largest absolute Gasteiger partial charge is 0.486 e. The van der Waals surface area contributed by atoms with E-state index in [4.69, 9.17) is 9.47 Å². The normalized spacial score (nSPS) is 10.2. The fourth-order valence-electron chi connectivity index (χ4n) is 2.33. The molecule has 120 valence electrons. The highest BCUT2D eigenvalue weighted by molar-refractivity contribution is 5.91. The summed E-state index contributed by atoms with van der Waals surface area (Å²) in [5.74, 6) is -0.107. The lowest BCUT2D eigenvalue weighted by atomic mass is 10.1. The molecule has 0 fully saturated rings. The van der Waals surface area contributed by atoms with Crippen LogP contribution in [0.4, 0.5) is 0 Å². The number of benzene rings is 2. The lowest BCUT2D eigenvalue weighted by molar-refractivity contribution is 0.0588. The zero-order valence-electron chi connectivity index (χ0n) is 13.3. The second kappa shape index (κ2) is 7.42. The molecule has 0 spiro atoms. The van der Waals surface area contributed by atoms with E-state index in [1.807, 2.05) is 66.7 Å². The monoisotopic (exact) mass is 319 g/mol. The lowest BCUT2D eigenvalue weighted by Gasteiger charge is -2.11. The van der Waals surface area contributed by atoms with Crippen LogP contribution in [-0.4, -0.2) is 18.1 Å². The smallest absolute Gasteiger partial charge is 0.360 e. The quantitative estimate of drug-likeness (QED) is 0.664. The molecule has 0 atom stereocenters. The van der Waals surface area contributed by atoms with Crippen molar-refractivity contribution in [3.05, 3.63) is 84.2 Å². The highest BCUT2D eigenvalue weighted by atomic mass is 16.5. The maximum Gasteiger partial charge on any atom is 0.360 e. The number of carbonyl (C=O) groups excluding carboxylic acids is 1. The van der Waals surface area contributed by atoms with Gasteiger partial charge in [0.2, 0.25) is 0 Å². The molecule has 0 radical (unpaired) electrons. The van der Waals surface area contributed by atoms with Crippen LogP contribution in [0.25, 0.3) is 11.1 Å². The van der Waals surface area contributed by atoms with E-state index in [0.717, 1.165) is 16.7 Å². The molecule has 0 N–H and O–H groups in total. The molecule has 1 heterocycles. The van der Waals surface area contributed by atoms with Crippen LogP contribution in [0.1, 0.15) is 16.1 Å². The number of esters is 1. The number of hydrogen-bond acceptors (Lipinski definition) is 4. The molecular weight excluding hydrogens is 302 g/mol. The van der Waals surface area contributed by atoms with E-state index in [2.05, 4.69) is 4.98 Å². The molecule has 0 amide bonds. The molecule has 1 aromatic heterocycles. The summed E-state index contributed by atoms with van der Waals surface area (Å²) in [7, 11) is 1.33. The molecule has 0 unspecified atom stereocenters. The number of aromatic nitrogens is 1. The third-order valence-corrected chi connectivity index (χ3v) is 3.58. The molecule has 3 aromatic rings. The number of hydrogen-bond donors (Lipinski definition) is 0. The Balaban J connectivity index is 1.92. The lowest BCUT2D eigenvalue weighted by Crippen LogP contribution is -2.08. The van der Waals surface area contributed by atoms with Crippen molar-refractivity contribution < 1.29 is 14.3 Å². The molecule has 2 aromatic carbocycles. The molecule has 0 aliphatic heterocycles. The summed E-state index contributed by atoms with van der Waals surface area (Å²) in [5, 5.41) is 0. The fraction of sp³-hybridized carbons (Fsp3) is 0.100. The Morgan fingerprint density at radius 1 is 0.958 bits per heavy atom. The van der Waals surface area contributed by atoms with Gasteiger partial charge in [0, 0.05) is 11.8 Å². The molecule has 0 aliphatic carbocycles. The topological polar surface area (TPSA) is 48.4 Å². The van der Waals surface area contributed by atoms with E-state index < -0.39 is 5.97 Å². The van der Waals surface area contributed by atoms with Crippen LogP contribution in [0.2, 0.25) is 0 Å². The maximum absolute atomic E-state index is 11.9. The van der Waals surface area contributed by atoms with E-state index in [-0.39, 0.29) is 5.69 Å². The van der Waals surface area contributed by atoms with Crippen molar-refractivity contribution in [3.8, 4) is 16.9 Å². The molecule has 0 aliphatic rings. The van der Waals surface area contributed by atoms with Crippen molar-refractivity contribution in [1.82, 2.24) is 4.98 Å². The summed E-state index contributed by atoms with van der Waals surface area (Å²) in [6, 6.07) is 21.4. The van der Waals surface area contributed by atoms with Crippen LogP contribution in [-0.2, 0) is 11.3 Å². The number of carbonyl (C=O) groups is 1. The first kappa shape index (κ1) is 15.7. The number of pyridine rings is 1. The molecule has 0 saturated carbocycles. The SMILES string of the molecule is COC(=O)c1ncc(-c2ccccc2)cc1OCc1ccccc1. The number of nitrogens with zero attached hydrogens (tertiary/aromatic N) is 1. The highest BCUT2D eigenvalue weighted by Crippen LogP contribution is 2.26. The zero-order valence-corrected chi connectivity index (χ0v) is 13.3. The van der Waals surface area contributed by atoms with Gasteiger partial charge < -0.3 is 9.47 Å². The number of rotatable bonds is 5. The van der Waals surface area contributed by atoms with Crippen molar-refractivity contribution >= 4 is 5.97 Å². The van der Waals surface area contributed by atoms with E-state index >= 15 is 0 Å². The first-order chi connectivity index (χ1) is 11.8. The molecule has 3 rings (SSSR count). The molecule has 0 saturated heterocycles. The fourth-order valence-corrected chi connectivity index (χ4v) is 2.33. The predicted octanol–water partition coefficient (Wildman–Crippen LogP) is 4.11. The van der Waals surface area contributed by atoms with Gasteiger partial charge in [0.15, 0.2) is 11.4 Å². The second-order valence-corrected chi connectivity index (χ2v) is 5.20. The number of ether oxygens (including phenoxy) is 2. The van der Waals surface area contributed by atoms with Crippen molar-refractivity contribution in [1.29, 1.82) is 0 Å². The predicted molar refractivity (Wildman–Crippen MR) is 91.8 cm³/mol. The average molecular weight is 319 g/mol. The Morgan fingerprint density at radius 3 is 2.29 bits per heavy atom. The number of methoxy groups -OCH3 is 1. The minimum atomic E-state index is -0.516. The van der Waals surface area contributed by atoms with Gasteiger partial charge in [0.1, 0.15) is 6.61 Å². The summed E-state index contributed by atoms with van der Waals surface area (Å²) in [5.41, 5.74) is 3.07. The van der Waals surface area contributed by atoms with Gasteiger partial charge in [-0.3, -0.25) is 0 Å². The average Bonchev–Trinajstić information content (AvgIpc) is 2.67.